The predicted octanol–water partition coefficient (Wildman–Crippen LogP) is 4.05. The summed E-state index contributed by atoms with van der Waals surface area (Å²) in [4.78, 5) is 25.5. The summed E-state index contributed by atoms with van der Waals surface area (Å²) in [6.45, 7) is 0. The van der Waals surface area contributed by atoms with Crippen LogP contribution in [-0.2, 0) is 4.79 Å². The van der Waals surface area contributed by atoms with Crippen molar-refractivity contribution in [2.45, 2.75) is 0 Å². The standard InChI is InChI=1S/C19H13NO4S2/c21-15-10-9-13(11-14(15)18(23)24)20-17(22)16(26-19(20)25)8-4-7-12-5-2-1-3-6-12/h1-11,21H,(H,23,24)/b7-4-,16-8-. The molecule has 0 aromatic heterocycles. The quantitative estimate of drug-likeness (QED) is 0.613. The van der Waals surface area contributed by atoms with Gasteiger partial charge in [-0.3, -0.25) is 9.69 Å². The maximum atomic E-state index is 12.6. The van der Waals surface area contributed by atoms with E-state index in [0.717, 1.165) is 17.3 Å². The second-order valence-corrected chi connectivity index (χ2v) is 6.99. The van der Waals surface area contributed by atoms with E-state index in [2.05, 4.69) is 0 Å². The molecule has 1 fully saturated rings. The van der Waals surface area contributed by atoms with Gasteiger partial charge in [-0.2, -0.15) is 0 Å². The Morgan fingerprint density at radius 3 is 2.58 bits per heavy atom. The molecule has 2 aromatic carbocycles. The van der Waals surface area contributed by atoms with Crippen molar-refractivity contribution >= 4 is 51.9 Å². The van der Waals surface area contributed by atoms with Crippen LogP contribution < -0.4 is 4.90 Å². The smallest absolute Gasteiger partial charge is 0.339 e. The first-order valence-corrected chi connectivity index (χ1v) is 8.76. The van der Waals surface area contributed by atoms with E-state index < -0.39 is 5.97 Å². The summed E-state index contributed by atoms with van der Waals surface area (Å²) in [5, 5.41) is 18.7. The third kappa shape index (κ3) is 3.68. The molecule has 1 amide bonds. The lowest BCUT2D eigenvalue weighted by molar-refractivity contribution is -0.113. The average molecular weight is 383 g/mol. The minimum Gasteiger partial charge on any atom is -0.507 e. The minimum atomic E-state index is -1.28. The van der Waals surface area contributed by atoms with Crippen LogP contribution in [0.1, 0.15) is 15.9 Å². The van der Waals surface area contributed by atoms with Crippen LogP contribution in [0, 0.1) is 0 Å². The van der Waals surface area contributed by atoms with Crippen LogP contribution in [0.3, 0.4) is 0 Å². The highest BCUT2D eigenvalue weighted by Gasteiger charge is 2.33. The van der Waals surface area contributed by atoms with Gasteiger partial charge in [-0.05, 0) is 29.8 Å². The predicted molar refractivity (Wildman–Crippen MR) is 106 cm³/mol. The van der Waals surface area contributed by atoms with Crippen molar-refractivity contribution in [2.75, 3.05) is 4.90 Å². The van der Waals surface area contributed by atoms with Crippen molar-refractivity contribution in [3.8, 4) is 5.75 Å². The summed E-state index contributed by atoms with van der Waals surface area (Å²) >= 11 is 6.39. The molecule has 130 valence electrons. The molecule has 26 heavy (non-hydrogen) atoms. The normalized spacial score (nSPS) is 16.0. The number of thiocarbonyl (C=S) groups is 1. The van der Waals surface area contributed by atoms with Gasteiger partial charge < -0.3 is 10.2 Å². The molecule has 1 heterocycles. The highest BCUT2D eigenvalue weighted by atomic mass is 32.2. The lowest BCUT2D eigenvalue weighted by Crippen LogP contribution is -2.27. The Morgan fingerprint density at radius 2 is 1.88 bits per heavy atom. The number of aromatic carboxylic acids is 1. The maximum Gasteiger partial charge on any atom is 0.339 e. The number of phenols is 1. The molecule has 2 aromatic rings. The number of hydrogen-bond donors (Lipinski definition) is 2. The lowest BCUT2D eigenvalue weighted by atomic mass is 10.1. The fraction of sp³-hybridized carbons (Fsp3) is 0. The van der Waals surface area contributed by atoms with Crippen molar-refractivity contribution in [3.05, 3.63) is 76.7 Å². The fourth-order valence-electron chi connectivity index (χ4n) is 2.35. The first kappa shape index (κ1) is 17.9. The Bertz CT molecular complexity index is 951. The summed E-state index contributed by atoms with van der Waals surface area (Å²) in [6, 6.07) is 13.6. The molecule has 1 aliphatic heterocycles. The van der Waals surface area contributed by atoms with Gasteiger partial charge in [0.05, 0.1) is 10.6 Å². The number of carbonyl (C=O) groups excluding carboxylic acids is 1. The zero-order valence-electron chi connectivity index (χ0n) is 13.3. The molecule has 7 heteroatoms. The number of benzene rings is 2. The molecule has 0 aliphatic carbocycles. The zero-order valence-corrected chi connectivity index (χ0v) is 15.0. The van der Waals surface area contributed by atoms with Crippen LogP contribution in [0.15, 0.2) is 65.6 Å². The van der Waals surface area contributed by atoms with Crippen LogP contribution in [-0.4, -0.2) is 26.4 Å². The summed E-state index contributed by atoms with van der Waals surface area (Å²) < 4.78 is 0.302. The Kier molecular flexibility index (Phi) is 5.20. The molecule has 0 atom stereocenters. The molecule has 0 spiro atoms. The van der Waals surface area contributed by atoms with E-state index in [4.69, 9.17) is 17.3 Å². The van der Waals surface area contributed by atoms with E-state index in [9.17, 15) is 14.7 Å². The van der Waals surface area contributed by atoms with E-state index in [1.54, 1.807) is 12.2 Å². The molecule has 5 nitrogen and oxygen atoms in total. The van der Waals surface area contributed by atoms with Crippen LogP contribution >= 0.6 is 24.0 Å². The number of thioether (sulfide) groups is 1. The van der Waals surface area contributed by atoms with Gasteiger partial charge in [0, 0.05) is 0 Å². The van der Waals surface area contributed by atoms with Crippen LogP contribution in [0.5, 0.6) is 5.75 Å². The fourth-order valence-corrected chi connectivity index (χ4v) is 3.60. The second-order valence-electron chi connectivity index (χ2n) is 5.32. The van der Waals surface area contributed by atoms with Gasteiger partial charge in [0.1, 0.15) is 11.3 Å². The summed E-state index contributed by atoms with van der Waals surface area (Å²) in [6.07, 6.45) is 5.31. The first-order chi connectivity index (χ1) is 12.5. The third-order valence-corrected chi connectivity index (χ3v) is 4.92. The van der Waals surface area contributed by atoms with Crippen LogP contribution in [0.25, 0.3) is 6.08 Å². The number of nitrogens with zero attached hydrogens (tertiary/aromatic N) is 1. The van der Waals surface area contributed by atoms with Gasteiger partial charge in [-0.25, -0.2) is 4.79 Å². The molecule has 1 aliphatic rings. The van der Waals surface area contributed by atoms with Crippen molar-refractivity contribution < 1.29 is 19.8 Å². The van der Waals surface area contributed by atoms with E-state index in [1.807, 2.05) is 36.4 Å². The molecule has 1 saturated heterocycles. The van der Waals surface area contributed by atoms with Crippen molar-refractivity contribution in [3.63, 3.8) is 0 Å². The lowest BCUT2D eigenvalue weighted by Gasteiger charge is -2.15. The third-order valence-electron chi connectivity index (χ3n) is 3.60. The number of amides is 1. The van der Waals surface area contributed by atoms with Gasteiger partial charge >= 0.3 is 5.97 Å². The molecule has 0 radical (unpaired) electrons. The minimum absolute atomic E-state index is 0.287. The molecule has 3 rings (SSSR count). The number of rotatable bonds is 4. The molecule has 0 saturated carbocycles. The number of carboxylic acids is 1. The summed E-state index contributed by atoms with van der Waals surface area (Å²) in [7, 11) is 0. The second kappa shape index (κ2) is 7.55. The van der Waals surface area contributed by atoms with Gasteiger partial charge in [0.2, 0.25) is 0 Å². The van der Waals surface area contributed by atoms with E-state index in [0.29, 0.717) is 14.9 Å². The Balaban J connectivity index is 1.85. The van der Waals surface area contributed by atoms with Gasteiger partial charge in [-0.15, -0.1) is 0 Å². The number of allylic oxidation sites excluding steroid dienone is 2. The topological polar surface area (TPSA) is 77.8 Å². The monoisotopic (exact) mass is 383 g/mol. The van der Waals surface area contributed by atoms with E-state index in [1.165, 1.54) is 23.1 Å². The molecular formula is C19H13NO4S2. The van der Waals surface area contributed by atoms with Crippen molar-refractivity contribution in [1.29, 1.82) is 0 Å². The summed E-state index contributed by atoms with van der Waals surface area (Å²) in [5.41, 5.74) is 1.02. The highest BCUT2D eigenvalue weighted by Crippen LogP contribution is 2.36. The van der Waals surface area contributed by atoms with Crippen LogP contribution in [0.2, 0.25) is 0 Å². The Hall–Kier alpha value is -2.90. The maximum absolute atomic E-state index is 12.6. The highest BCUT2D eigenvalue weighted by molar-refractivity contribution is 8.27. The first-order valence-electron chi connectivity index (χ1n) is 7.53. The molecule has 0 bridgehead atoms. The Labute approximate surface area is 159 Å². The van der Waals surface area contributed by atoms with Gasteiger partial charge in [0.25, 0.3) is 5.91 Å². The van der Waals surface area contributed by atoms with E-state index in [-0.39, 0.29) is 17.2 Å². The van der Waals surface area contributed by atoms with Crippen molar-refractivity contribution in [2.24, 2.45) is 0 Å². The molecule has 0 unspecified atom stereocenters. The SMILES string of the molecule is O=C(O)c1cc(N2C(=O)/C(=C/C=C\c3ccccc3)SC2=S)ccc1O. The molecule has 2 N–H and O–H groups in total. The Morgan fingerprint density at radius 1 is 1.15 bits per heavy atom. The number of anilines is 1. The molecular weight excluding hydrogens is 370 g/mol. The largest absolute Gasteiger partial charge is 0.507 e. The zero-order chi connectivity index (χ0) is 18.7. The van der Waals surface area contributed by atoms with E-state index >= 15 is 0 Å². The number of carboxylic acid groups (broad SMARTS) is 1. The van der Waals surface area contributed by atoms with Crippen molar-refractivity contribution in [1.82, 2.24) is 0 Å². The van der Waals surface area contributed by atoms with Gasteiger partial charge in [-0.1, -0.05) is 66.5 Å². The number of carbonyl (C=O) groups is 2. The van der Waals surface area contributed by atoms with Crippen LogP contribution in [0.4, 0.5) is 5.69 Å². The van der Waals surface area contributed by atoms with Gasteiger partial charge in [0.15, 0.2) is 4.32 Å². The number of aromatic hydroxyl groups is 1. The summed E-state index contributed by atoms with van der Waals surface area (Å²) in [5.74, 6) is -1.98. The number of hydrogen-bond acceptors (Lipinski definition) is 5. The average Bonchev–Trinajstić information content (AvgIpc) is 2.90.